The summed E-state index contributed by atoms with van der Waals surface area (Å²) in [7, 11) is 0. The quantitative estimate of drug-likeness (QED) is 0.215. The molecule has 0 spiro atoms. The average Bonchev–Trinajstić information content (AvgIpc) is 2.94. The third kappa shape index (κ3) is 8.45. The van der Waals surface area contributed by atoms with E-state index in [0.717, 1.165) is 97.1 Å². The van der Waals surface area contributed by atoms with Crippen LogP contribution in [0.15, 0.2) is 63.9 Å². The molecule has 1 saturated heterocycles. The van der Waals surface area contributed by atoms with Crippen LogP contribution in [0.4, 0.5) is 17.6 Å². The summed E-state index contributed by atoms with van der Waals surface area (Å²) in [5.41, 5.74) is 2.82. The number of hydrogen-bond donors (Lipinski definition) is 3. The highest BCUT2D eigenvalue weighted by atomic mass is 32.2. The van der Waals surface area contributed by atoms with Gasteiger partial charge in [-0.15, -0.1) is 0 Å². The third-order valence-electron chi connectivity index (χ3n) is 7.86. The minimum absolute atomic E-state index is 0.133. The van der Waals surface area contributed by atoms with E-state index in [-0.39, 0.29) is 11.9 Å². The van der Waals surface area contributed by atoms with Crippen LogP contribution in [0.2, 0.25) is 0 Å². The summed E-state index contributed by atoms with van der Waals surface area (Å²) in [4.78, 5) is 23.1. The maximum Gasteiger partial charge on any atom is 0.416 e. The van der Waals surface area contributed by atoms with Crippen molar-refractivity contribution in [2.45, 2.75) is 67.0 Å². The molecular formula is C31H33F4NO5S. The Kier molecular flexibility index (Phi) is 10.5. The van der Waals surface area contributed by atoms with Gasteiger partial charge in [-0.05, 0) is 104 Å². The summed E-state index contributed by atoms with van der Waals surface area (Å²) in [5, 5.41) is 25.3. The fourth-order valence-corrected chi connectivity index (χ4v) is 6.76. The molecular weight excluding hydrogens is 574 g/mol. The van der Waals surface area contributed by atoms with Crippen LogP contribution < -0.4 is 0 Å². The van der Waals surface area contributed by atoms with Gasteiger partial charge in [0.25, 0.3) is 0 Å². The van der Waals surface area contributed by atoms with E-state index >= 15 is 0 Å². The van der Waals surface area contributed by atoms with Crippen LogP contribution in [0.5, 0.6) is 0 Å². The first-order valence-electron chi connectivity index (χ1n) is 13.9. The number of carbonyl (C=O) groups is 2. The number of aliphatic carboxylic acids is 2. The van der Waals surface area contributed by atoms with Crippen molar-refractivity contribution in [3.8, 4) is 0 Å². The van der Waals surface area contributed by atoms with Crippen LogP contribution >= 0.6 is 11.8 Å². The maximum atomic E-state index is 14.0. The number of carboxylic acid groups (broad SMARTS) is 2. The smallest absolute Gasteiger partial charge is 0.416 e. The van der Waals surface area contributed by atoms with Crippen molar-refractivity contribution in [3.63, 3.8) is 0 Å². The largest absolute Gasteiger partial charge is 0.478 e. The zero-order chi connectivity index (χ0) is 30.4. The molecule has 5 rings (SSSR count). The molecule has 2 heterocycles. The molecule has 0 amide bonds. The predicted molar refractivity (Wildman–Crippen MR) is 151 cm³/mol. The zero-order valence-electron chi connectivity index (χ0n) is 22.9. The Bertz CT molecular complexity index is 1340. The van der Waals surface area contributed by atoms with Crippen molar-refractivity contribution in [3.05, 3.63) is 76.6 Å². The number of likely N-dealkylation sites (tertiary alicyclic amines) is 1. The van der Waals surface area contributed by atoms with Gasteiger partial charge in [0.15, 0.2) is 0 Å². The Hall–Kier alpha value is -3.15. The number of halogens is 4. The van der Waals surface area contributed by atoms with Gasteiger partial charge in [-0.3, -0.25) is 0 Å². The van der Waals surface area contributed by atoms with E-state index in [0.29, 0.717) is 23.6 Å². The summed E-state index contributed by atoms with van der Waals surface area (Å²) in [5.74, 6) is -2.18. The topological polar surface area (TPSA) is 98.1 Å². The Labute approximate surface area is 245 Å². The lowest BCUT2D eigenvalue weighted by Gasteiger charge is -2.33. The molecule has 0 aromatic heterocycles. The molecule has 2 aromatic carbocycles. The van der Waals surface area contributed by atoms with Crippen molar-refractivity contribution < 1.29 is 42.5 Å². The molecule has 2 aromatic rings. The first-order valence-corrected chi connectivity index (χ1v) is 14.7. The minimum atomic E-state index is -4.41. The van der Waals surface area contributed by atoms with Gasteiger partial charge >= 0.3 is 18.1 Å². The molecule has 3 N–H and O–H groups in total. The number of fused-ring (bicyclic) bond motifs is 2. The van der Waals surface area contributed by atoms with Crippen molar-refractivity contribution in [1.29, 1.82) is 0 Å². The summed E-state index contributed by atoms with van der Waals surface area (Å²) in [6.45, 7) is 2.79. The number of nitrogens with zero attached hydrogens (tertiary/aromatic N) is 1. The van der Waals surface area contributed by atoms with E-state index in [2.05, 4.69) is 4.90 Å². The molecule has 11 heteroatoms. The van der Waals surface area contributed by atoms with Crippen LogP contribution in [0.3, 0.4) is 0 Å². The standard InChI is InChI=1S/C27H29F4NOS.C4H4O4/c28-20-4-7-22-25(16-20)34-24-8-3-19(27(29,30)31)15-23(24)26(22)18-10-13-32(14-11-18)12-9-17-1-5-21(33)6-2-17;5-3(6)1-2-4(7)8/h3-4,7-8,15-17,21,33H,1-2,5-6,9-14H2;1-2H,(H,5,6)(H,7,8)/t17-,21+;. The van der Waals surface area contributed by atoms with Gasteiger partial charge in [0, 0.05) is 35.0 Å². The number of aliphatic hydroxyl groups is 1. The molecule has 0 atom stereocenters. The number of alkyl halides is 3. The Morgan fingerprint density at radius 2 is 1.55 bits per heavy atom. The molecule has 1 aliphatic carbocycles. The van der Waals surface area contributed by atoms with Crippen LogP contribution in [0.1, 0.15) is 61.6 Å². The van der Waals surface area contributed by atoms with Crippen molar-refractivity contribution >= 4 is 29.3 Å². The molecule has 0 bridgehead atoms. The van der Waals surface area contributed by atoms with Gasteiger partial charge in [0.1, 0.15) is 5.82 Å². The monoisotopic (exact) mass is 607 g/mol. The molecule has 6 nitrogen and oxygen atoms in total. The Morgan fingerprint density at radius 3 is 2.14 bits per heavy atom. The van der Waals surface area contributed by atoms with Crippen LogP contribution in [0, 0.1) is 11.7 Å². The summed E-state index contributed by atoms with van der Waals surface area (Å²) in [6, 6.07) is 8.50. The van der Waals surface area contributed by atoms with E-state index in [1.807, 2.05) is 0 Å². The summed E-state index contributed by atoms with van der Waals surface area (Å²) in [6.07, 6.45) is 3.30. The lowest BCUT2D eigenvalue weighted by molar-refractivity contribution is -0.137. The van der Waals surface area contributed by atoms with Crippen molar-refractivity contribution in [1.82, 2.24) is 4.90 Å². The van der Waals surface area contributed by atoms with Gasteiger partial charge in [-0.25, -0.2) is 14.0 Å². The number of aliphatic hydroxyl groups excluding tert-OH is 1. The molecule has 1 saturated carbocycles. The highest BCUT2D eigenvalue weighted by Gasteiger charge is 2.34. The second-order valence-corrected chi connectivity index (χ2v) is 11.8. The molecule has 2 fully saturated rings. The fraction of sp³-hybridized carbons (Fsp3) is 0.419. The Morgan fingerprint density at radius 1 is 0.905 bits per heavy atom. The average molecular weight is 608 g/mol. The number of rotatable bonds is 5. The van der Waals surface area contributed by atoms with E-state index in [1.165, 1.54) is 36.0 Å². The second kappa shape index (κ2) is 13.9. The third-order valence-corrected chi connectivity index (χ3v) is 8.99. The molecule has 0 unspecified atom stereocenters. The molecule has 226 valence electrons. The molecule has 2 aliphatic heterocycles. The van der Waals surface area contributed by atoms with Gasteiger partial charge in [-0.2, -0.15) is 13.2 Å². The van der Waals surface area contributed by atoms with Crippen molar-refractivity contribution in [2.75, 3.05) is 19.6 Å². The highest BCUT2D eigenvalue weighted by Crippen LogP contribution is 2.49. The van der Waals surface area contributed by atoms with E-state index in [9.17, 15) is 32.3 Å². The normalized spacial score (nSPS) is 20.9. The van der Waals surface area contributed by atoms with Gasteiger partial charge < -0.3 is 20.2 Å². The van der Waals surface area contributed by atoms with E-state index in [1.54, 1.807) is 6.07 Å². The first kappa shape index (κ1) is 31.8. The number of carboxylic acids is 2. The second-order valence-electron chi connectivity index (χ2n) is 10.7. The maximum absolute atomic E-state index is 14.0. The van der Waals surface area contributed by atoms with Crippen LogP contribution in [-0.2, 0) is 15.8 Å². The summed E-state index contributed by atoms with van der Waals surface area (Å²) < 4.78 is 54.5. The number of hydrogen-bond acceptors (Lipinski definition) is 5. The molecule has 42 heavy (non-hydrogen) atoms. The fourth-order valence-electron chi connectivity index (χ4n) is 5.66. The van der Waals surface area contributed by atoms with Gasteiger partial charge in [0.05, 0.1) is 11.7 Å². The number of piperidine rings is 1. The lowest BCUT2D eigenvalue weighted by Crippen LogP contribution is -2.33. The Balaban J connectivity index is 0.000000446. The SMILES string of the molecule is O=C(O)C=CC(=O)O.O[C@H]1CC[C@@H](CCN2CCC(=C3c4ccc(F)cc4Sc4ccc(C(F)(F)F)cc43)CC2)CC1. The minimum Gasteiger partial charge on any atom is -0.478 e. The van der Waals surface area contributed by atoms with Gasteiger partial charge in [0.2, 0.25) is 0 Å². The van der Waals surface area contributed by atoms with Crippen LogP contribution in [0.25, 0.3) is 5.57 Å². The van der Waals surface area contributed by atoms with Crippen LogP contribution in [-0.4, -0.2) is 57.9 Å². The van der Waals surface area contributed by atoms with Crippen molar-refractivity contribution in [2.24, 2.45) is 5.92 Å². The lowest BCUT2D eigenvalue weighted by atomic mass is 9.85. The van der Waals surface area contributed by atoms with Gasteiger partial charge in [-0.1, -0.05) is 23.4 Å². The molecule has 3 aliphatic rings. The summed E-state index contributed by atoms with van der Waals surface area (Å²) >= 11 is 1.34. The highest BCUT2D eigenvalue weighted by molar-refractivity contribution is 7.99. The first-order chi connectivity index (χ1) is 19.9. The van der Waals surface area contributed by atoms with E-state index < -0.39 is 23.7 Å². The zero-order valence-corrected chi connectivity index (χ0v) is 23.7. The predicted octanol–water partition coefficient (Wildman–Crippen LogP) is 6.86. The number of benzene rings is 2. The van der Waals surface area contributed by atoms with E-state index in [4.69, 9.17) is 10.2 Å². The molecule has 0 radical (unpaired) electrons.